The molecule has 1 unspecified atom stereocenters. The maximum Gasteiger partial charge on any atom is 0.417 e. The van der Waals surface area contributed by atoms with Crippen LogP contribution in [0.25, 0.3) is 5.57 Å². The molecule has 10 heteroatoms. The van der Waals surface area contributed by atoms with Crippen molar-refractivity contribution < 1.29 is 32.2 Å². The maximum atomic E-state index is 14.0. The first-order chi connectivity index (χ1) is 16.6. The van der Waals surface area contributed by atoms with Crippen LogP contribution in [0.5, 0.6) is 5.75 Å². The van der Waals surface area contributed by atoms with Crippen molar-refractivity contribution in [3.8, 4) is 5.75 Å². The van der Waals surface area contributed by atoms with Crippen molar-refractivity contribution in [1.82, 2.24) is 9.80 Å². The highest BCUT2D eigenvalue weighted by molar-refractivity contribution is 7.99. The Morgan fingerprint density at radius 1 is 1.14 bits per heavy atom. The van der Waals surface area contributed by atoms with Gasteiger partial charge in [0.15, 0.2) is 0 Å². The Labute approximate surface area is 206 Å². The molecule has 188 valence electrons. The number of methoxy groups -OCH3 is 1. The lowest BCUT2D eigenvalue weighted by Crippen LogP contribution is -2.57. The van der Waals surface area contributed by atoms with E-state index in [1.807, 2.05) is 11.9 Å². The van der Waals surface area contributed by atoms with Gasteiger partial charge in [0.2, 0.25) is 0 Å². The number of ether oxygens (including phenoxy) is 2. The first-order valence-corrected chi connectivity index (χ1v) is 11.8. The van der Waals surface area contributed by atoms with Crippen LogP contribution in [-0.2, 0) is 20.5 Å². The number of esters is 1. The number of nitrogens with zero attached hydrogens (tertiary/aromatic N) is 2. The Morgan fingerprint density at radius 3 is 2.51 bits per heavy atom. The van der Waals surface area contributed by atoms with E-state index in [1.165, 1.54) is 24.1 Å². The quantitative estimate of drug-likeness (QED) is 0.403. The predicted molar refractivity (Wildman–Crippen MR) is 127 cm³/mol. The zero-order chi connectivity index (χ0) is 25.8. The molecule has 0 saturated carbocycles. The molecule has 2 aromatic rings. The third-order valence-electron chi connectivity index (χ3n) is 5.58. The van der Waals surface area contributed by atoms with E-state index in [2.05, 4.69) is 6.58 Å². The first-order valence-electron chi connectivity index (χ1n) is 10.9. The van der Waals surface area contributed by atoms with Gasteiger partial charge < -0.3 is 19.3 Å². The van der Waals surface area contributed by atoms with Gasteiger partial charge in [-0.1, -0.05) is 36.5 Å². The number of piperazine rings is 1. The molecule has 0 aromatic heterocycles. The molecular formula is C25H27F3N2O4S. The average Bonchev–Trinajstić information content (AvgIpc) is 2.83. The van der Waals surface area contributed by atoms with Crippen molar-refractivity contribution in [3.05, 3.63) is 60.2 Å². The fourth-order valence-corrected chi connectivity index (χ4v) is 4.78. The Kier molecular flexibility index (Phi) is 8.50. The summed E-state index contributed by atoms with van der Waals surface area (Å²) in [5.41, 5.74) is -0.976. The summed E-state index contributed by atoms with van der Waals surface area (Å²) in [4.78, 5) is 29.1. The molecule has 1 amide bonds. The van der Waals surface area contributed by atoms with Gasteiger partial charge in [0.25, 0.3) is 5.91 Å². The summed E-state index contributed by atoms with van der Waals surface area (Å²) in [5.74, 6) is -0.710. The number of carbonyl (C=O) groups excluding carboxylic acids is 2. The molecule has 1 aliphatic heterocycles. The zero-order valence-electron chi connectivity index (χ0n) is 19.7. The second-order valence-electron chi connectivity index (χ2n) is 7.97. The highest BCUT2D eigenvalue weighted by Gasteiger charge is 2.38. The van der Waals surface area contributed by atoms with Crippen molar-refractivity contribution >= 4 is 29.2 Å². The second-order valence-corrected chi connectivity index (χ2v) is 9.05. The summed E-state index contributed by atoms with van der Waals surface area (Å²) < 4.78 is 52.4. The van der Waals surface area contributed by atoms with Gasteiger partial charge >= 0.3 is 12.1 Å². The average molecular weight is 509 g/mol. The van der Waals surface area contributed by atoms with Crippen LogP contribution in [0.4, 0.5) is 13.2 Å². The minimum absolute atomic E-state index is 0.0271. The van der Waals surface area contributed by atoms with E-state index in [1.54, 1.807) is 31.2 Å². The Morgan fingerprint density at radius 2 is 1.86 bits per heavy atom. The third-order valence-corrected chi connectivity index (χ3v) is 6.71. The summed E-state index contributed by atoms with van der Waals surface area (Å²) >= 11 is 0.935. The van der Waals surface area contributed by atoms with Crippen LogP contribution in [0.2, 0.25) is 0 Å². The van der Waals surface area contributed by atoms with Crippen molar-refractivity contribution in [2.45, 2.75) is 28.9 Å². The topological polar surface area (TPSA) is 59.1 Å². The highest BCUT2D eigenvalue weighted by Crippen LogP contribution is 2.43. The van der Waals surface area contributed by atoms with Crippen molar-refractivity contribution in [2.75, 3.05) is 40.4 Å². The van der Waals surface area contributed by atoms with Crippen LogP contribution >= 0.6 is 11.8 Å². The normalized spacial score (nSPS) is 16.6. The van der Waals surface area contributed by atoms with Gasteiger partial charge in [-0.2, -0.15) is 13.2 Å². The van der Waals surface area contributed by atoms with Gasteiger partial charge in [-0.05, 0) is 43.8 Å². The molecule has 2 aromatic carbocycles. The number of amides is 1. The van der Waals surface area contributed by atoms with Gasteiger partial charge in [-0.25, -0.2) is 4.79 Å². The lowest BCUT2D eigenvalue weighted by molar-refractivity contribution is -0.154. The molecule has 1 fully saturated rings. The minimum atomic E-state index is -4.66. The summed E-state index contributed by atoms with van der Waals surface area (Å²) in [6.45, 7) is 6.93. The molecule has 1 saturated heterocycles. The molecule has 0 aliphatic carbocycles. The molecule has 6 nitrogen and oxygen atoms in total. The number of likely N-dealkylation sites (N-methyl/N-ethyl adjacent to an activating group) is 1. The van der Waals surface area contributed by atoms with Crippen LogP contribution < -0.4 is 4.74 Å². The van der Waals surface area contributed by atoms with Crippen LogP contribution in [-0.4, -0.2) is 68.1 Å². The lowest BCUT2D eigenvalue weighted by Gasteiger charge is -2.38. The summed E-state index contributed by atoms with van der Waals surface area (Å²) in [7, 11) is 3.03. The van der Waals surface area contributed by atoms with Gasteiger partial charge in [-0.15, -0.1) is 0 Å². The number of carbonyl (C=O) groups is 2. The van der Waals surface area contributed by atoms with Gasteiger partial charge in [-0.3, -0.25) is 4.79 Å². The largest absolute Gasteiger partial charge is 0.493 e. The smallest absolute Gasteiger partial charge is 0.417 e. The first kappa shape index (κ1) is 26.6. The summed E-state index contributed by atoms with van der Waals surface area (Å²) in [6, 6.07) is 9.67. The van der Waals surface area contributed by atoms with E-state index in [0.717, 1.165) is 17.8 Å². The fraction of sp³-hybridized carbons (Fsp3) is 0.360. The SMILES string of the molecule is C=C(C(=O)N1CCN(C)CC1C(=O)OC)c1ccc(Sc2ccccc2OCC)c(C(F)(F)F)c1. The summed E-state index contributed by atoms with van der Waals surface area (Å²) in [5, 5.41) is 0. The molecule has 1 aliphatic rings. The van der Waals surface area contributed by atoms with Gasteiger partial charge in [0, 0.05) is 30.1 Å². The van der Waals surface area contributed by atoms with E-state index in [-0.39, 0.29) is 29.1 Å². The standard InChI is InChI=1S/C25H27F3N2O4S/c1-5-34-20-8-6-7-9-22(20)35-21-11-10-17(14-18(21)25(26,27)28)16(2)23(31)30-13-12-29(3)15-19(30)24(32)33-4/h6-11,14,19H,2,5,12-13,15H2,1,3-4H3. The molecule has 1 heterocycles. The van der Waals surface area contributed by atoms with Gasteiger partial charge in [0.1, 0.15) is 11.8 Å². The zero-order valence-corrected chi connectivity index (χ0v) is 20.5. The molecule has 35 heavy (non-hydrogen) atoms. The number of halogens is 3. The molecule has 0 bridgehead atoms. The molecule has 3 rings (SSSR count). The summed E-state index contributed by atoms with van der Waals surface area (Å²) in [6.07, 6.45) is -4.66. The van der Waals surface area contributed by atoms with E-state index in [9.17, 15) is 22.8 Å². The number of hydrogen-bond donors (Lipinski definition) is 0. The number of para-hydroxylation sites is 1. The third kappa shape index (κ3) is 6.18. The van der Waals surface area contributed by atoms with E-state index >= 15 is 0 Å². The van der Waals surface area contributed by atoms with Crippen LogP contribution in [0.1, 0.15) is 18.1 Å². The van der Waals surface area contributed by atoms with E-state index < -0.39 is 29.7 Å². The molecule has 0 radical (unpaired) electrons. The molecule has 1 atom stereocenters. The van der Waals surface area contributed by atoms with E-state index in [0.29, 0.717) is 23.8 Å². The monoisotopic (exact) mass is 508 g/mol. The van der Waals surface area contributed by atoms with E-state index in [4.69, 9.17) is 9.47 Å². The number of alkyl halides is 3. The Bertz CT molecular complexity index is 1110. The molecule has 0 spiro atoms. The van der Waals surface area contributed by atoms with Gasteiger partial charge in [0.05, 0.1) is 24.2 Å². The minimum Gasteiger partial charge on any atom is -0.493 e. The molecule has 0 N–H and O–H groups in total. The highest BCUT2D eigenvalue weighted by atomic mass is 32.2. The number of rotatable bonds is 7. The Hall–Kier alpha value is -2.98. The van der Waals surface area contributed by atoms with Crippen LogP contribution in [0.3, 0.4) is 0 Å². The Balaban J connectivity index is 1.92. The fourth-order valence-electron chi connectivity index (χ4n) is 3.75. The number of hydrogen-bond acceptors (Lipinski definition) is 6. The predicted octanol–water partition coefficient (Wildman–Crippen LogP) is 4.58. The number of benzene rings is 2. The lowest BCUT2D eigenvalue weighted by atomic mass is 10.0. The maximum absolute atomic E-state index is 14.0. The van der Waals surface area contributed by atoms with Crippen LogP contribution in [0, 0.1) is 0 Å². The van der Waals surface area contributed by atoms with Crippen LogP contribution in [0.15, 0.2) is 58.8 Å². The van der Waals surface area contributed by atoms with Crippen molar-refractivity contribution in [2.24, 2.45) is 0 Å². The molecular weight excluding hydrogens is 481 g/mol. The second kappa shape index (κ2) is 11.2. The van der Waals surface area contributed by atoms with Crippen molar-refractivity contribution in [1.29, 1.82) is 0 Å². The van der Waals surface area contributed by atoms with Crippen molar-refractivity contribution in [3.63, 3.8) is 0 Å².